The number of hydrogen-bond donors (Lipinski definition) is 0. The van der Waals surface area contributed by atoms with Crippen molar-refractivity contribution in [1.29, 1.82) is 0 Å². The van der Waals surface area contributed by atoms with E-state index in [0.717, 1.165) is 41.8 Å². The first kappa shape index (κ1) is 30.0. The summed E-state index contributed by atoms with van der Waals surface area (Å²) in [6.07, 6.45) is 4.94. The van der Waals surface area contributed by atoms with Crippen molar-refractivity contribution in [3.8, 4) is 17.0 Å². The summed E-state index contributed by atoms with van der Waals surface area (Å²) in [6, 6.07) is 9.10. The molecule has 3 aromatic rings. The van der Waals surface area contributed by atoms with E-state index >= 15 is 0 Å². The second kappa shape index (κ2) is 14.0. The van der Waals surface area contributed by atoms with E-state index < -0.39 is 0 Å². The molecule has 1 atom stereocenters. The molecule has 0 N–H and O–H groups in total. The molecule has 1 unspecified atom stereocenters. The van der Waals surface area contributed by atoms with E-state index in [9.17, 15) is 9.59 Å². The average Bonchev–Trinajstić information content (AvgIpc) is 3.35. The Bertz CT molecular complexity index is 1310. The van der Waals surface area contributed by atoms with Crippen LogP contribution in [0.5, 0.6) is 5.75 Å². The van der Waals surface area contributed by atoms with Gasteiger partial charge in [0.15, 0.2) is 11.6 Å². The first-order chi connectivity index (χ1) is 18.2. The summed E-state index contributed by atoms with van der Waals surface area (Å²) in [4.78, 5) is 29.4. The Morgan fingerprint density at radius 1 is 1.13 bits per heavy atom. The van der Waals surface area contributed by atoms with Gasteiger partial charge in [0.1, 0.15) is 10.8 Å². The minimum atomic E-state index is -0.150. The van der Waals surface area contributed by atoms with Crippen LogP contribution in [-0.4, -0.2) is 30.3 Å². The second-order valence-corrected chi connectivity index (χ2v) is 10.9. The molecular weight excluding hydrogens is 541 g/mol. The molecule has 0 fully saturated rings. The quantitative estimate of drug-likeness (QED) is 0.116. The molecule has 0 radical (unpaired) electrons. The zero-order valence-corrected chi connectivity index (χ0v) is 24.7. The molecule has 1 aromatic heterocycles. The number of methoxy groups -OCH3 is 1. The molecule has 0 amide bonds. The van der Waals surface area contributed by atoms with Crippen LogP contribution in [0.3, 0.4) is 0 Å². The number of hydrogen-bond acceptors (Lipinski definition) is 6. The molecule has 5 nitrogen and oxygen atoms in total. The Labute approximate surface area is 238 Å². The summed E-state index contributed by atoms with van der Waals surface area (Å²) < 4.78 is 11.8. The normalized spacial score (nSPS) is 12.4. The highest BCUT2D eigenvalue weighted by atomic mass is 35.5. The van der Waals surface area contributed by atoms with Crippen molar-refractivity contribution < 1.29 is 19.1 Å². The Balaban J connectivity index is 1.79. The summed E-state index contributed by atoms with van der Waals surface area (Å²) in [7, 11) is 1.65. The predicted molar refractivity (Wildman–Crippen MR) is 157 cm³/mol. The zero-order valence-electron chi connectivity index (χ0n) is 22.4. The van der Waals surface area contributed by atoms with Gasteiger partial charge in [0, 0.05) is 34.2 Å². The number of aromatic nitrogens is 1. The molecule has 38 heavy (non-hydrogen) atoms. The molecule has 8 heteroatoms. The van der Waals surface area contributed by atoms with Crippen molar-refractivity contribution in [3.63, 3.8) is 0 Å². The molecule has 0 aliphatic rings. The number of unbranched alkanes of at least 4 members (excludes halogenated alkanes) is 2. The molecular formula is C30H33Cl2NO4S. The standard InChI is InChI=1S/C30H33Cl2NO4S/c1-6-7-8-12-37-20(4)22-10-9-11-23(30(22)36-5)27-17-38-29(33-27)16-28(35)21-14-25(31)24(26(32)15-21)13-18(2)19(3)34/h9-11,13-15,17,20H,6-8,12,16H2,1-5H3/b18-13+. The highest BCUT2D eigenvalue weighted by Crippen LogP contribution is 2.38. The number of carbonyl (C=O) groups excluding carboxylic acids is 2. The van der Waals surface area contributed by atoms with Crippen molar-refractivity contribution in [2.24, 2.45) is 0 Å². The van der Waals surface area contributed by atoms with E-state index in [-0.39, 0.29) is 24.1 Å². The van der Waals surface area contributed by atoms with Gasteiger partial charge < -0.3 is 9.47 Å². The van der Waals surface area contributed by atoms with E-state index in [2.05, 4.69) is 6.92 Å². The Kier molecular flexibility index (Phi) is 11.1. The molecule has 0 saturated carbocycles. The molecule has 1 heterocycles. The van der Waals surface area contributed by atoms with Crippen molar-refractivity contribution in [2.45, 2.75) is 59.5 Å². The number of rotatable bonds is 13. The number of halogens is 2. The summed E-state index contributed by atoms with van der Waals surface area (Å²) >= 11 is 14.2. The van der Waals surface area contributed by atoms with Crippen molar-refractivity contribution in [2.75, 3.05) is 13.7 Å². The number of ketones is 2. The molecule has 202 valence electrons. The molecule has 0 aliphatic heterocycles. The Morgan fingerprint density at radius 3 is 2.47 bits per heavy atom. The molecule has 0 aliphatic carbocycles. The first-order valence-electron chi connectivity index (χ1n) is 12.6. The van der Waals surface area contributed by atoms with Gasteiger partial charge in [-0.05, 0) is 57.0 Å². The lowest BCUT2D eigenvalue weighted by Gasteiger charge is -2.18. The minimum Gasteiger partial charge on any atom is -0.496 e. The van der Waals surface area contributed by atoms with E-state index in [0.29, 0.717) is 38.4 Å². The van der Waals surface area contributed by atoms with E-state index in [1.165, 1.54) is 18.3 Å². The number of benzene rings is 2. The third-order valence-electron chi connectivity index (χ3n) is 6.26. The highest BCUT2D eigenvalue weighted by molar-refractivity contribution is 7.10. The third kappa shape index (κ3) is 7.54. The van der Waals surface area contributed by atoms with Gasteiger partial charge in [0.05, 0.1) is 35.4 Å². The van der Waals surface area contributed by atoms with Crippen molar-refractivity contribution in [1.82, 2.24) is 4.98 Å². The SMILES string of the molecule is CCCCCOC(C)c1cccc(-c2csc(CC(=O)c3cc(Cl)c(/C=C(\C)C(C)=O)c(Cl)c3)n2)c1OC. The number of para-hydroxylation sites is 1. The predicted octanol–water partition coefficient (Wildman–Crippen LogP) is 8.81. The van der Waals surface area contributed by atoms with Gasteiger partial charge in [-0.3, -0.25) is 9.59 Å². The van der Waals surface area contributed by atoms with E-state index in [1.807, 2.05) is 30.5 Å². The maximum Gasteiger partial charge on any atom is 0.169 e. The molecule has 2 aromatic carbocycles. The zero-order chi connectivity index (χ0) is 27.8. The lowest BCUT2D eigenvalue weighted by atomic mass is 10.0. The van der Waals surface area contributed by atoms with Crippen LogP contribution in [0.4, 0.5) is 0 Å². The fraction of sp³-hybridized carbons (Fsp3) is 0.367. The first-order valence-corrected chi connectivity index (χ1v) is 14.2. The summed E-state index contributed by atoms with van der Waals surface area (Å²) in [5.74, 6) is 0.498. The minimum absolute atomic E-state index is 0.0759. The van der Waals surface area contributed by atoms with Crippen LogP contribution in [0.1, 0.15) is 79.6 Å². The smallest absolute Gasteiger partial charge is 0.169 e. The van der Waals surface area contributed by atoms with Crippen molar-refractivity contribution in [3.05, 3.63) is 73.0 Å². The number of carbonyl (C=O) groups is 2. The maximum absolute atomic E-state index is 13.1. The van der Waals surface area contributed by atoms with Crippen LogP contribution in [0.2, 0.25) is 10.0 Å². The van der Waals surface area contributed by atoms with Crippen LogP contribution in [0.25, 0.3) is 17.3 Å². The number of thiazole rings is 1. The summed E-state index contributed by atoms with van der Waals surface area (Å²) in [5.41, 5.74) is 4.00. The van der Waals surface area contributed by atoms with Gasteiger partial charge in [0.25, 0.3) is 0 Å². The van der Waals surface area contributed by atoms with Gasteiger partial charge in [0.2, 0.25) is 0 Å². The summed E-state index contributed by atoms with van der Waals surface area (Å²) in [6.45, 7) is 8.07. The summed E-state index contributed by atoms with van der Waals surface area (Å²) in [5, 5.41) is 3.22. The van der Waals surface area contributed by atoms with Crippen LogP contribution in [-0.2, 0) is 16.0 Å². The molecule has 0 saturated heterocycles. The number of allylic oxidation sites excluding steroid dienone is 1. The second-order valence-electron chi connectivity index (χ2n) is 9.11. The molecule has 3 rings (SSSR count). The Morgan fingerprint density at radius 2 is 1.84 bits per heavy atom. The highest BCUT2D eigenvalue weighted by Gasteiger charge is 2.20. The average molecular weight is 575 g/mol. The van der Waals surface area contributed by atoms with Crippen LogP contribution in [0, 0.1) is 0 Å². The molecule has 0 bridgehead atoms. The fourth-order valence-electron chi connectivity index (χ4n) is 3.96. The number of nitrogens with zero attached hydrogens (tertiary/aromatic N) is 1. The lowest BCUT2D eigenvalue weighted by molar-refractivity contribution is -0.113. The largest absolute Gasteiger partial charge is 0.496 e. The Hall–Kier alpha value is -2.51. The van der Waals surface area contributed by atoms with Gasteiger partial charge in [-0.1, -0.05) is 55.1 Å². The fourth-order valence-corrected chi connectivity index (χ4v) is 5.35. The van der Waals surface area contributed by atoms with Gasteiger partial charge in [-0.2, -0.15) is 0 Å². The van der Waals surface area contributed by atoms with Gasteiger partial charge in [-0.15, -0.1) is 11.3 Å². The van der Waals surface area contributed by atoms with Crippen LogP contribution < -0.4 is 4.74 Å². The van der Waals surface area contributed by atoms with Crippen molar-refractivity contribution >= 4 is 52.2 Å². The molecule has 0 spiro atoms. The van der Waals surface area contributed by atoms with Gasteiger partial charge >= 0.3 is 0 Å². The monoisotopic (exact) mass is 573 g/mol. The third-order valence-corrected chi connectivity index (χ3v) is 7.73. The number of Topliss-reactive ketones (excluding diaryl/α,β-unsaturated/α-hetero) is 2. The topological polar surface area (TPSA) is 65.5 Å². The van der Waals surface area contributed by atoms with Gasteiger partial charge in [-0.25, -0.2) is 4.98 Å². The van der Waals surface area contributed by atoms with Crippen LogP contribution >= 0.6 is 34.5 Å². The van der Waals surface area contributed by atoms with E-state index in [1.54, 1.807) is 32.2 Å². The lowest BCUT2D eigenvalue weighted by Crippen LogP contribution is -2.05. The van der Waals surface area contributed by atoms with Crippen LogP contribution in [0.15, 0.2) is 41.3 Å². The van der Waals surface area contributed by atoms with E-state index in [4.69, 9.17) is 37.7 Å². The number of ether oxygens (including phenoxy) is 2. The maximum atomic E-state index is 13.1.